The summed E-state index contributed by atoms with van der Waals surface area (Å²) in [5.74, 6) is -0.00228. The van der Waals surface area contributed by atoms with E-state index in [1.165, 1.54) is 0 Å². The van der Waals surface area contributed by atoms with Crippen molar-refractivity contribution >= 4 is 5.78 Å². The van der Waals surface area contributed by atoms with Gasteiger partial charge in [-0.3, -0.25) is 19.6 Å². The van der Waals surface area contributed by atoms with E-state index >= 15 is 0 Å². The molecule has 1 aromatic rings. The van der Waals surface area contributed by atoms with Crippen LogP contribution in [0.3, 0.4) is 0 Å². The zero-order valence-corrected chi connectivity index (χ0v) is 16.0. The Kier molecular flexibility index (Phi) is 7.14. The number of pyridine rings is 1. The fourth-order valence-electron chi connectivity index (χ4n) is 3.85. The van der Waals surface area contributed by atoms with Crippen LogP contribution in [-0.2, 0) is 9.47 Å². The first kappa shape index (κ1) is 19.4. The summed E-state index contributed by atoms with van der Waals surface area (Å²) < 4.78 is 11.3. The molecule has 2 aliphatic heterocycles. The van der Waals surface area contributed by atoms with Crippen molar-refractivity contribution in [2.45, 2.75) is 32.4 Å². The first-order chi connectivity index (χ1) is 12.6. The van der Waals surface area contributed by atoms with Crippen molar-refractivity contribution in [1.82, 2.24) is 14.8 Å². The fraction of sp³-hybridized carbons (Fsp3) is 0.700. The number of hydrogen-bond donors (Lipinski definition) is 0. The molecule has 0 aliphatic carbocycles. The third-order valence-corrected chi connectivity index (χ3v) is 5.31. The van der Waals surface area contributed by atoms with Crippen LogP contribution in [0.2, 0.25) is 0 Å². The Morgan fingerprint density at radius 1 is 1.31 bits per heavy atom. The highest BCUT2D eigenvalue weighted by Gasteiger charge is 2.37. The highest BCUT2D eigenvalue weighted by molar-refractivity contribution is 5.96. The van der Waals surface area contributed by atoms with E-state index in [1.54, 1.807) is 12.3 Å². The molecule has 0 aromatic carbocycles. The largest absolute Gasteiger partial charge is 0.381 e. The van der Waals surface area contributed by atoms with Crippen LogP contribution in [0.15, 0.2) is 24.4 Å². The summed E-state index contributed by atoms with van der Waals surface area (Å²) in [5.41, 5.74) is 0.553. The van der Waals surface area contributed by atoms with Gasteiger partial charge in [0.2, 0.25) is 0 Å². The molecule has 6 nitrogen and oxygen atoms in total. The van der Waals surface area contributed by atoms with E-state index in [0.29, 0.717) is 12.3 Å². The van der Waals surface area contributed by atoms with Gasteiger partial charge in [-0.2, -0.15) is 0 Å². The van der Waals surface area contributed by atoms with Crippen molar-refractivity contribution in [2.75, 3.05) is 52.5 Å². The fourth-order valence-corrected chi connectivity index (χ4v) is 3.85. The van der Waals surface area contributed by atoms with E-state index < -0.39 is 0 Å². The minimum absolute atomic E-state index is 0.114. The van der Waals surface area contributed by atoms with Crippen molar-refractivity contribution in [3.05, 3.63) is 30.1 Å². The highest BCUT2D eigenvalue weighted by atomic mass is 16.5. The lowest BCUT2D eigenvalue weighted by atomic mass is 9.88. The van der Waals surface area contributed by atoms with Crippen molar-refractivity contribution in [1.29, 1.82) is 0 Å². The molecule has 1 aromatic heterocycles. The molecule has 0 radical (unpaired) electrons. The normalized spacial score (nSPS) is 25.5. The molecule has 1 unspecified atom stereocenters. The van der Waals surface area contributed by atoms with Crippen LogP contribution in [0.4, 0.5) is 0 Å². The summed E-state index contributed by atoms with van der Waals surface area (Å²) in [5, 5.41) is 0. The monoisotopic (exact) mass is 361 g/mol. The minimum atomic E-state index is -0.116. The number of hydrogen-bond acceptors (Lipinski definition) is 6. The Labute approximate surface area is 156 Å². The molecule has 2 saturated heterocycles. The zero-order chi connectivity index (χ0) is 18.4. The standard InChI is InChI=1S/C20H31N3O3/c1-16(2)26-14-12-22-8-10-23(11-9-22)19-6-13-25-15-17(19)20(24)18-5-3-4-7-21-18/h3-5,7,16-17,19H,6,8-15H2,1-2H3/t17?,19-/m1/s1. The van der Waals surface area contributed by atoms with Crippen molar-refractivity contribution in [3.8, 4) is 0 Å². The minimum Gasteiger partial charge on any atom is -0.381 e. The molecule has 26 heavy (non-hydrogen) atoms. The maximum Gasteiger partial charge on any atom is 0.188 e. The van der Waals surface area contributed by atoms with E-state index in [4.69, 9.17) is 9.47 Å². The first-order valence-electron chi connectivity index (χ1n) is 9.76. The summed E-state index contributed by atoms with van der Waals surface area (Å²) in [6, 6.07) is 5.78. The number of aromatic nitrogens is 1. The van der Waals surface area contributed by atoms with E-state index in [-0.39, 0.29) is 23.8 Å². The van der Waals surface area contributed by atoms with Crippen LogP contribution in [-0.4, -0.2) is 85.3 Å². The van der Waals surface area contributed by atoms with Gasteiger partial charge in [0.15, 0.2) is 5.78 Å². The molecule has 0 saturated carbocycles. The molecule has 6 heteroatoms. The number of carbonyl (C=O) groups is 1. The van der Waals surface area contributed by atoms with Gasteiger partial charge in [0.05, 0.1) is 25.2 Å². The van der Waals surface area contributed by atoms with Crippen LogP contribution in [0.25, 0.3) is 0 Å². The van der Waals surface area contributed by atoms with Gasteiger partial charge in [-0.25, -0.2) is 0 Å². The third kappa shape index (κ3) is 5.10. The second kappa shape index (κ2) is 9.55. The van der Waals surface area contributed by atoms with Crippen LogP contribution < -0.4 is 0 Å². The first-order valence-corrected chi connectivity index (χ1v) is 9.76. The number of nitrogens with zero attached hydrogens (tertiary/aromatic N) is 3. The molecule has 0 spiro atoms. The molecule has 0 N–H and O–H groups in total. The van der Waals surface area contributed by atoms with Gasteiger partial charge in [0, 0.05) is 51.6 Å². The Balaban J connectivity index is 1.55. The van der Waals surface area contributed by atoms with Gasteiger partial charge in [0.1, 0.15) is 5.69 Å². The average molecular weight is 361 g/mol. The molecule has 2 aliphatic rings. The molecule has 3 rings (SSSR count). The predicted molar refractivity (Wildman–Crippen MR) is 100 cm³/mol. The summed E-state index contributed by atoms with van der Waals surface area (Å²) >= 11 is 0. The molecule has 144 valence electrons. The molecular weight excluding hydrogens is 330 g/mol. The zero-order valence-electron chi connectivity index (χ0n) is 16.0. The van der Waals surface area contributed by atoms with Gasteiger partial charge in [-0.05, 0) is 32.4 Å². The lowest BCUT2D eigenvalue weighted by Crippen LogP contribution is -2.56. The Bertz CT molecular complexity index is 559. The summed E-state index contributed by atoms with van der Waals surface area (Å²) in [6.07, 6.45) is 2.89. The molecule has 0 bridgehead atoms. The summed E-state index contributed by atoms with van der Waals surface area (Å²) in [4.78, 5) is 22.1. The van der Waals surface area contributed by atoms with Gasteiger partial charge >= 0.3 is 0 Å². The van der Waals surface area contributed by atoms with Crippen LogP contribution >= 0.6 is 0 Å². The number of ether oxygens (including phenoxy) is 2. The summed E-state index contributed by atoms with van der Waals surface area (Å²) in [6.45, 7) is 11.2. The predicted octanol–water partition coefficient (Wildman–Crippen LogP) is 1.71. The van der Waals surface area contributed by atoms with Gasteiger partial charge in [-0.1, -0.05) is 6.07 Å². The smallest absolute Gasteiger partial charge is 0.188 e. The lowest BCUT2D eigenvalue weighted by molar-refractivity contribution is -0.0234. The maximum absolute atomic E-state index is 12.9. The lowest BCUT2D eigenvalue weighted by Gasteiger charge is -2.43. The van der Waals surface area contributed by atoms with E-state index in [9.17, 15) is 4.79 Å². The number of ketones is 1. The Hall–Kier alpha value is -1.34. The van der Waals surface area contributed by atoms with Gasteiger partial charge < -0.3 is 9.47 Å². The molecule has 2 atom stereocenters. The van der Waals surface area contributed by atoms with Crippen LogP contribution in [0.5, 0.6) is 0 Å². The number of rotatable bonds is 7. The Morgan fingerprint density at radius 2 is 2.12 bits per heavy atom. The van der Waals surface area contributed by atoms with E-state index in [2.05, 4.69) is 28.6 Å². The Morgan fingerprint density at radius 3 is 2.81 bits per heavy atom. The maximum atomic E-state index is 12.9. The number of Topliss-reactive ketones (excluding diaryl/α,β-unsaturated/α-hetero) is 1. The van der Waals surface area contributed by atoms with Gasteiger partial charge in [-0.15, -0.1) is 0 Å². The second-order valence-corrected chi connectivity index (χ2v) is 7.41. The highest BCUT2D eigenvalue weighted by Crippen LogP contribution is 2.25. The van der Waals surface area contributed by atoms with E-state index in [1.807, 2.05) is 12.1 Å². The van der Waals surface area contributed by atoms with Crippen molar-refractivity contribution in [3.63, 3.8) is 0 Å². The SMILES string of the molecule is CC(C)OCCN1CCN([C@@H]2CCOCC2C(=O)c2ccccn2)CC1. The molecule has 0 amide bonds. The molecule has 2 fully saturated rings. The van der Waals surface area contributed by atoms with E-state index in [0.717, 1.165) is 52.4 Å². The van der Waals surface area contributed by atoms with Crippen LogP contribution in [0, 0.1) is 5.92 Å². The summed E-state index contributed by atoms with van der Waals surface area (Å²) in [7, 11) is 0. The van der Waals surface area contributed by atoms with Gasteiger partial charge in [0.25, 0.3) is 0 Å². The molecular formula is C20H31N3O3. The average Bonchev–Trinajstić information content (AvgIpc) is 2.68. The van der Waals surface area contributed by atoms with Crippen LogP contribution in [0.1, 0.15) is 30.8 Å². The van der Waals surface area contributed by atoms with Crippen molar-refractivity contribution in [2.24, 2.45) is 5.92 Å². The third-order valence-electron chi connectivity index (χ3n) is 5.31. The number of piperazine rings is 1. The molecule has 3 heterocycles. The second-order valence-electron chi connectivity index (χ2n) is 7.41. The number of carbonyl (C=O) groups excluding carboxylic acids is 1. The quantitative estimate of drug-likeness (QED) is 0.689. The van der Waals surface area contributed by atoms with Crippen molar-refractivity contribution < 1.29 is 14.3 Å². The topological polar surface area (TPSA) is 54.9 Å².